The monoisotopic (exact) mass is 825 g/mol. The van der Waals surface area contributed by atoms with Crippen LogP contribution in [0.25, 0.3) is 32.9 Å². The number of aromatic hydroxyl groups is 1. The first-order valence-electron chi connectivity index (χ1n) is 21.2. The SMILES string of the molecule is C#Cc1c(F)ccc2cc(O)cc(-c3ncc4c(N5CC6CCC(C5)N6C(=O)OC(C)OC(=O)[C@@H](NC)[C@@H](C)CC)nc(OC[C@]56CCCCCN5CCC6)nc4c3F)c12. The van der Waals surface area contributed by atoms with Crippen LogP contribution in [0.5, 0.6) is 11.8 Å². The Morgan fingerprint density at radius 2 is 1.80 bits per heavy atom. The Labute approximate surface area is 348 Å². The third-order valence-corrected chi connectivity index (χ3v) is 13.2. The van der Waals surface area contributed by atoms with Crippen LogP contribution in [0.1, 0.15) is 84.1 Å². The number of phenols is 1. The number of pyridine rings is 1. The Kier molecular flexibility index (Phi) is 11.7. The summed E-state index contributed by atoms with van der Waals surface area (Å²) in [5, 5.41) is 14.7. The van der Waals surface area contributed by atoms with Crippen LogP contribution in [0.3, 0.4) is 0 Å². The van der Waals surface area contributed by atoms with Crippen molar-refractivity contribution in [3.8, 4) is 35.4 Å². The molecule has 4 aliphatic rings. The van der Waals surface area contributed by atoms with Crippen molar-refractivity contribution in [2.45, 2.75) is 109 Å². The Bertz CT molecular complexity index is 2330. The number of phenolic OH excluding ortho intramolecular Hbond substituents is 1. The highest BCUT2D eigenvalue weighted by Crippen LogP contribution is 2.42. The molecule has 0 saturated carbocycles. The summed E-state index contributed by atoms with van der Waals surface area (Å²) >= 11 is 0. The van der Waals surface area contributed by atoms with Crippen molar-refractivity contribution in [1.29, 1.82) is 0 Å². The number of nitrogens with one attached hydrogen (secondary N) is 1. The van der Waals surface area contributed by atoms with Crippen molar-refractivity contribution in [1.82, 2.24) is 30.1 Å². The molecule has 3 unspecified atom stereocenters. The second-order valence-corrected chi connectivity index (χ2v) is 16.8. The van der Waals surface area contributed by atoms with Crippen LogP contribution in [0.15, 0.2) is 30.5 Å². The predicted octanol–water partition coefficient (Wildman–Crippen LogP) is 6.91. The number of hydrogen-bond acceptors (Lipinski definition) is 12. The summed E-state index contributed by atoms with van der Waals surface area (Å²) in [7, 11) is 1.69. The van der Waals surface area contributed by atoms with Crippen molar-refractivity contribution in [2.75, 3.05) is 44.7 Å². The smallest absolute Gasteiger partial charge is 0.413 e. The highest BCUT2D eigenvalue weighted by molar-refractivity contribution is 6.03. The largest absolute Gasteiger partial charge is 0.508 e. The number of nitrogens with zero attached hydrogens (tertiary/aromatic N) is 6. The minimum atomic E-state index is -1.10. The maximum atomic E-state index is 17.3. The first-order chi connectivity index (χ1) is 28.9. The molecule has 4 aromatic rings. The van der Waals surface area contributed by atoms with Crippen molar-refractivity contribution >= 4 is 39.6 Å². The number of ether oxygens (including phenoxy) is 3. The molecule has 60 heavy (non-hydrogen) atoms. The fraction of sp³-hybridized carbons (Fsp3) is 0.533. The average Bonchev–Trinajstić information content (AvgIpc) is 3.68. The molecule has 2 bridgehead atoms. The quantitative estimate of drug-likeness (QED) is 0.0922. The Morgan fingerprint density at radius 3 is 2.53 bits per heavy atom. The first kappa shape index (κ1) is 41.4. The number of rotatable bonds is 11. The zero-order valence-electron chi connectivity index (χ0n) is 34.7. The van der Waals surface area contributed by atoms with Gasteiger partial charge in [0.2, 0.25) is 6.29 Å². The Hall–Kier alpha value is -5.33. The first-order valence-corrected chi connectivity index (χ1v) is 21.2. The minimum absolute atomic E-state index is 0.0113. The molecule has 8 rings (SSSR count). The normalized spacial score (nSPS) is 23.1. The molecule has 6 atom stereocenters. The third kappa shape index (κ3) is 7.64. The molecule has 4 fully saturated rings. The van der Waals surface area contributed by atoms with Crippen molar-refractivity contribution < 1.29 is 37.7 Å². The van der Waals surface area contributed by atoms with Gasteiger partial charge in [0.05, 0.1) is 28.6 Å². The van der Waals surface area contributed by atoms with Crippen LogP contribution >= 0.6 is 0 Å². The number of likely N-dealkylation sites (N-methyl/N-ethyl adjacent to an activating group) is 1. The molecule has 0 aliphatic carbocycles. The van der Waals surface area contributed by atoms with Gasteiger partial charge in [0.15, 0.2) is 5.82 Å². The number of hydrogen-bond donors (Lipinski definition) is 2. The number of carbonyl (C=O) groups excluding carboxylic acids is 2. The van der Waals surface area contributed by atoms with E-state index in [1.165, 1.54) is 37.4 Å². The molecule has 13 nitrogen and oxygen atoms in total. The zero-order chi connectivity index (χ0) is 42.3. The fourth-order valence-electron chi connectivity index (χ4n) is 9.97. The van der Waals surface area contributed by atoms with Gasteiger partial charge in [-0.05, 0) is 88.2 Å². The molecule has 4 saturated heterocycles. The summed E-state index contributed by atoms with van der Waals surface area (Å²) in [6.07, 6.45) is 14.1. The van der Waals surface area contributed by atoms with Gasteiger partial charge in [0, 0.05) is 37.2 Å². The predicted molar refractivity (Wildman–Crippen MR) is 222 cm³/mol. The number of esters is 1. The summed E-state index contributed by atoms with van der Waals surface area (Å²) in [4.78, 5) is 46.9. The molecule has 6 heterocycles. The van der Waals surface area contributed by atoms with E-state index in [-0.39, 0.29) is 63.0 Å². The maximum Gasteiger partial charge on any atom is 0.413 e. The Morgan fingerprint density at radius 1 is 1.05 bits per heavy atom. The molecule has 0 radical (unpaired) electrons. The summed E-state index contributed by atoms with van der Waals surface area (Å²) in [5.74, 6) is 0.697. The number of fused-ring (bicyclic) bond motifs is 5. The van der Waals surface area contributed by atoms with Gasteiger partial charge in [0.1, 0.15) is 41.2 Å². The molecule has 318 valence electrons. The van der Waals surface area contributed by atoms with E-state index >= 15 is 8.78 Å². The van der Waals surface area contributed by atoms with E-state index in [1.54, 1.807) is 11.9 Å². The number of carbonyl (C=O) groups is 2. The second kappa shape index (κ2) is 17.0. The number of aromatic nitrogens is 3. The maximum absolute atomic E-state index is 17.3. The fourth-order valence-corrected chi connectivity index (χ4v) is 9.97. The van der Waals surface area contributed by atoms with Gasteiger partial charge in [-0.2, -0.15) is 9.97 Å². The van der Waals surface area contributed by atoms with Crippen molar-refractivity contribution in [3.63, 3.8) is 0 Å². The Balaban J connectivity index is 1.13. The third-order valence-electron chi connectivity index (χ3n) is 13.2. The van der Waals surface area contributed by atoms with Crippen LogP contribution in [-0.4, -0.2) is 112 Å². The van der Waals surface area contributed by atoms with Crippen molar-refractivity contribution in [3.05, 3.63) is 47.7 Å². The number of piperazine rings is 1. The van der Waals surface area contributed by atoms with E-state index < -0.39 is 36.0 Å². The summed E-state index contributed by atoms with van der Waals surface area (Å²) < 4.78 is 50.0. The summed E-state index contributed by atoms with van der Waals surface area (Å²) in [6, 6.07) is 4.38. The minimum Gasteiger partial charge on any atom is -0.508 e. The molecule has 0 spiro atoms. The van der Waals surface area contributed by atoms with Gasteiger partial charge in [-0.25, -0.2) is 13.6 Å². The molecule has 1 amide bonds. The lowest BCUT2D eigenvalue weighted by molar-refractivity contribution is -0.170. The average molecular weight is 826 g/mol. The lowest BCUT2D eigenvalue weighted by Gasteiger charge is -2.41. The van der Waals surface area contributed by atoms with E-state index in [0.29, 0.717) is 49.1 Å². The van der Waals surface area contributed by atoms with Crippen LogP contribution in [0, 0.1) is 29.9 Å². The standard InChI is InChI=1S/C45H53F2N7O6/c1-6-26(3)38(48-5)42(56)59-27(4)60-44(57)54-29-13-14-30(54)24-52(23-29)41-34-22-49-39(33-21-31(55)20-28-12-15-35(46)32(7-2)36(28)33)37(47)40(34)50-43(51-41)58-25-45-16-9-8-10-18-53(45)19-11-17-45/h2,12,15,20-22,26-27,29-30,38,48,55H,6,8-11,13-14,16-19,23-25H2,1,3-5H3/t26-,27?,29?,30?,38-,45+/m0/s1. The van der Waals surface area contributed by atoms with Gasteiger partial charge in [-0.15, -0.1) is 6.42 Å². The zero-order valence-corrected chi connectivity index (χ0v) is 34.7. The van der Waals surface area contributed by atoms with Crippen molar-refractivity contribution in [2.24, 2.45) is 5.92 Å². The topological polar surface area (TPSA) is 142 Å². The molecular formula is C45H53F2N7O6. The molecule has 4 aliphatic heterocycles. The van der Waals surface area contributed by atoms with Crippen LogP contribution < -0.4 is 15.0 Å². The number of halogens is 2. The summed E-state index contributed by atoms with van der Waals surface area (Å²) in [5.41, 5.74) is -0.347. The van der Waals surface area contributed by atoms with Crippen LogP contribution in [-0.2, 0) is 14.3 Å². The van der Waals surface area contributed by atoms with Gasteiger partial charge >= 0.3 is 18.1 Å². The molecule has 15 heteroatoms. The highest BCUT2D eigenvalue weighted by atomic mass is 19.1. The molecular weight excluding hydrogens is 773 g/mol. The van der Waals surface area contributed by atoms with E-state index in [4.69, 9.17) is 25.6 Å². The number of terminal acetylenes is 1. The van der Waals surface area contributed by atoms with E-state index in [0.717, 1.165) is 58.0 Å². The lowest BCUT2D eigenvalue weighted by atomic mass is 9.92. The summed E-state index contributed by atoms with van der Waals surface area (Å²) in [6.45, 7) is 8.52. The van der Waals surface area contributed by atoms with Gasteiger partial charge in [-0.3, -0.25) is 19.6 Å². The van der Waals surface area contributed by atoms with Gasteiger partial charge in [0.25, 0.3) is 0 Å². The number of anilines is 1. The second-order valence-electron chi connectivity index (χ2n) is 16.8. The lowest BCUT2D eigenvalue weighted by Crippen LogP contribution is -2.56. The van der Waals surface area contributed by atoms with E-state index in [9.17, 15) is 14.7 Å². The van der Waals surface area contributed by atoms with E-state index in [1.807, 2.05) is 18.7 Å². The molecule has 2 aromatic heterocycles. The van der Waals surface area contributed by atoms with Gasteiger partial charge < -0.3 is 29.5 Å². The molecule has 2 N–H and O–H groups in total. The number of amides is 1. The van der Waals surface area contributed by atoms with E-state index in [2.05, 4.69) is 26.1 Å². The molecule has 2 aromatic carbocycles. The number of benzene rings is 2. The van der Waals surface area contributed by atoms with Crippen LogP contribution in [0.4, 0.5) is 19.4 Å². The highest BCUT2D eigenvalue weighted by Gasteiger charge is 2.46. The van der Waals surface area contributed by atoms with Gasteiger partial charge in [-0.1, -0.05) is 45.1 Å². The van der Waals surface area contributed by atoms with Crippen LogP contribution in [0.2, 0.25) is 0 Å².